The molecule has 0 fully saturated rings. The van der Waals surface area contributed by atoms with Gasteiger partial charge < -0.3 is 19.5 Å². The minimum Gasteiger partial charge on any atom is -0.503 e. The molecule has 6 heteroatoms. The minimum absolute atomic E-state index is 0.188. The Bertz CT molecular complexity index is 1170. The van der Waals surface area contributed by atoms with Crippen molar-refractivity contribution in [2.75, 3.05) is 14.2 Å². The summed E-state index contributed by atoms with van der Waals surface area (Å²) in [7, 11) is 3.12. The van der Waals surface area contributed by atoms with Crippen molar-refractivity contribution in [3.05, 3.63) is 101 Å². The van der Waals surface area contributed by atoms with E-state index in [2.05, 4.69) is 0 Å². The van der Waals surface area contributed by atoms with Gasteiger partial charge in [-0.2, -0.15) is 0 Å². The summed E-state index contributed by atoms with van der Waals surface area (Å²) in [6.45, 7) is 2.16. The van der Waals surface area contributed by atoms with E-state index in [0.29, 0.717) is 22.6 Å². The third kappa shape index (κ3) is 3.91. The predicted octanol–water partition coefficient (Wildman–Crippen LogP) is 5.20. The number of halogens is 1. The topological polar surface area (TPSA) is 59.0 Å². The van der Waals surface area contributed by atoms with Crippen LogP contribution in [0.15, 0.2) is 72.5 Å². The van der Waals surface area contributed by atoms with E-state index in [4.69, 9.17) is 9.47 Å². The minimum atomic E-state index is -0.586. The van der Waals surface area contributed by atoms with E-state index in [1.807, 2.05) is 37.3 Å². The molecule has 0 bridgehead atoms. The lowest BCUT2D eigenvalue weighted by atomic mass is 9.93. The fourth-order valence-corrected chi connectivity index (χ4v) is 4.00. The lowest BCUT2D eigenvalue weighted by Gasteiger charge is -2.28. The molecule has 0 spiro atoms. The highest BCUT2D eigenvalue weighted by molar-refractivity contribution is 6.05. The van der Waals surface area contributed by atoms with Gasteiger partial charge in [0.2, 0.25) is 0 Å². The zero-order valence-electron chi connectivity index (χ0n) is 18.1. The molecule has 0 saturated heterocycles. The second-order valence-electron chi connectivity index (χ2n) is 7.69. The van der Waals surface area contributed by atoms with Crippen LogP contribution in [0.3, 0.4) is 0 Å². The Balaban J connectivity index is 1.80. The van der Waals surface area contributed by atoms with Crippen molar-refractivity contribution < 1.29 is 23.8 Å². The van der Waals surface area contributed by atoms with Crippen LogP contribution >= 0.6 is 0 Å². The van der Waals surface area contributed by atoms with Crippen LogP contribution < -0.4 is 9.47 Å². The van der Waals surface area contributed by atoms with Gasteiger partial charge in [-0.3, -0.25) is 4.79 Å². The molecule has 0 saturated carbocycles. The van der Waals surface area contributed by atoms with Crippen LogP contribution in [0, 0.1) is 12.7 Å². The molecule has 1 aliphatic rings. The first-order valence-corrected chi connectivity index (χ1v) is 10.2. The summed E-state index contributed by atoms with van der Waals surface area (Å²) in [6, 6.07) is 18.4. The molecule has 1 heterocycles. The van der Waals surface area contributed by atoms with Gasteiger partial charge in [0.05, 0.1) is 26.8 Å². The quantitative estimate of drug-likeness (QED) is 0.580. The number of carbonyl (C=O) groups is 1. The molecule has 3 aromatic carbocycles. The van der Waals surface area contributed by atoms with Crippen LogP contribution in [0.1, 0.15) is 28.3 Å². The van der Waals surface area contributed by atoms with Crippen molar-refractivity contribution >= 4 is 11.5 Å². The number of aryl methyl sites for hydroxylation is 1. The molecule has 0 radical (unpaired) electrons. The van der Waals surface area contributed by atoms with Crippen molar-refractivity contribution in [2.45, 2.75) is 19.5 Å². The Hall–Kier alpha value is -3.80. The number of benzene rings is 3. The third-order valence-electron chi connectivity index (χ3n) is 5.69. The first-order valence-electron chi connectivity index (χ1n) is 10.2. The van der Waals surface area contributed by atoms with Gasteiger partial charge in [-0.15, -0.1) is 0 Å². The van der Waals surface area contributed by atoms with Gasteiger partial charge in [0.1, 0.15) is 17.3 Å². The maximum Gasteiger partial charge on any atom is 0.290 e. The Kier molecular flexibility index (Phi) is 5.86. The number of aliphatic hydroxyl groups is 1. The van der Waals surface area contributed by atoms with Gasteiger partial charge in [-0.05, 0) is 42.3 Å². The molecule has 1 amide bonds. The molecule has 3 aromatic rings. The number of ether oxygens (including phenoxy) is 2. The summed E-state index contributed by atoms with van der Waals surface area (Å²) in [5.41, 5.74) is 3.75. The standard InChI is InChI=1S/C26H24FNO4/c1-16-4-6-17(7-5-16)23-24(18-8-11-20(27)12-9-18)28(26(30)25(23)29)15-19-10-13-21(31-2)14-22(19)32-3/h4-14,24,29H,15H2,1-3H3/t24-/m1/s1. The first-order chi connectivity index (χ1) is 15.4. The second kappa shape index (κ2) is 8.75. The van der Waals surface area contributed by atoms with E-state index in [1.165, 1.54) is 12.1 Å². The number of nitrogens with zero attached hydrogens (tertiary/aromatic N) is 1. The van der Waals surface area contributed by atoms with Crippen LogP contribution in [0.2, 0.25) is 0 Å². The molecule has 0 aromatic heterocycles. The normalized spacial score (nSPS) is 15.9. The van der Waals surface area contributed by atoms with Crippen LogP contribution in [-0.2, 0) is 11.3 Å². The molecule has 32 heavy (non-hydrogen) atoms. The molecule has 1 aliphatic heterocycles. The molecule has 164 valence electrons. The number of methoxy groups -OCH3 is 2. The van der Waals surface area contributed by atoms with Crippen molar-refractivity contribution in [1.82, 2.24) is 4.90 Å². The molecule has 5 nitrogen and oxygen atoms in total. The van der Waals surface area contributed by atoms with Crippen LogP contribution in [0.5, 0.6) is 11.5 Å². The monoisotopic (exact) mass is 433 g/mol. The van der Waals surface area contributed by atoms with Gasteiger partial charge in [0.15, 0.2) is 5.76 Å². The SMILES string of the molecule is COc1ccc(CN2C(=O)C(O)=C(c3ccc(C)cc3)[C@H]2c2ccc(F)cc2)c(OC)c1. The summed E-state index contributed by atoms with van der Waals surface area (Å²) >= 11 is 0. The highest BCUT2D eigenvalue weighted by atomic mass is 19.1. The van der Waals surface area contributed by atoms with Crippen LogP contribution in [0.25, 0.3) is 5.57 Å². The summed E-state index contributed by atoms with van der Waals surface area (Å²) in [5.74, 6) is 0.0305. The van der Waals surface area contributed by atoms with Crippen LogP contribution in [0.4, 0.5) is 4.39 Å². The Morgan fingerprint density at radius 1 is 0.969 bits per heavy atom. The fraction of sp³-hybridized carbons (Fsp3) is 0.192. The molecule has 1 N–H and O–H groups in total. The molecule has 1 atom stereocenters. The summed E-state index contributed by atoms with van der Waals surface area (Å²) in [5, 5.41) is 10.9. The zero-order valence-corrected chi connectivity index (χ0v) is 18.1. The first kappa shape index (κ1) is 21.4. The second-order valence-corrected chi connectivity index (χ2v) is 7.69. The van der Waals surface area contributed by atoms with E-state index in [1.54, 1.807) is 43.4 Å². The van der Waals surface area contributed by atoms with Crippen molar-refractivity contribution in [3.8, 4) is 11.5 Å². The van der Waals surface area contributed by atoms with E-state index in [-0.39, 0.29) is 18.1 Å². The zero-order chi connectivity index (χ0) is 22.8. The summed E-state index contributed by atoms with van der Waals surface area (Å²) < 4.78 is 24.4. The highest BCUT2D eigenvalue weighted by Crippen LogP contribution is 2.44. The molecular weight excluding hydrogens is 409 g/mol. The van der Waals surface area contributed by atoms with Crippen LogP contribution in [-0.4, -0.2) is 30.1 Å². The Morgan fingerprint density at radius 2 is 1.66 bits per heavy atom. The summed E-state index contributed by atoms with van der Waals surface area (Å²) in [4.78, 5) is 14.8. The summed E-state index contributed by atoms with van der Waals surface area (Å²) in [6.07, 6.45) is 0. The third-order valence-corrected chi connectivity index (χ3v) is 5.69. The van der Waals surface area contributed by atoms with Gasteiger partial charge in [-0.1, -0.05) is 42.0 Å². The largest absolute Gasteiger partial charge is 0.503 e. The van der Waals surface area contributed by atoms with Gasteiger partial charge >= 0.3 is 0 Å². The lowest BCUT2D eigenvalue weighted by Crippen LogP contribution is -2.30. The Labute approximate surface area is 186 Å². The van der Waals surface area contributed by atoms with Gasteiger partial charge in [0, 0.05) is 17.2 Å². The van der Waals surface area contributed by atoms with E-state index in [9.17, 15) is 14.3 Å². The average Bonchev–Trinajstić information content (AvgIpc) is 3.05. The average molecular weight is 433 g/mol. The number of aliphatic hydroxyl groups excluding tert-OH is 1. The van der Waals surface area contributed by atoms with Crippen molar-refractivity contribution in [2.24, 2.45) is 0 Å². The van der Waals surface area contributed by atoms with Crippen molar-refractivity contribution in [1.29, 1.82) is 0 Å². The van der Waals surface area contributed by atoms with Gasteiger partial charge in [-0.25, -0.2) is 4.39 Å². The van der Waals surface area contributed by atoms with E-state index in [0.717, 1.165) is 16.7 Å². The number of rotatable bonds is 6. The van der Waals surface area contributed by atoms with E-state index >= 15 is 0 Å². The number of hydrogen-bond acceptors (Lipinski definition) is 4. The molecule has 0 aliphatic carbocycles. The van der Waals surface area contributed by atoms with E-state index < -0.39 is 11.9 Å². The predicted molar refractivity (Wildman–Crippen MR) is 120 cm³/mol. The maximum atomic E-state index is 13.6. The van der Waals surface area contributed by atoms with Crippen molar-refractivity contribution in [3.63, 3.8) is 0 Å². The smallest absolute Gasteiger partial charge is 0.290 e. The maximum absolute atomic E-state index is 13.6. The Morgan fingerprint density at radius 3 is 2.28 bits per heavy atom. The molecular formula is C26H24FNO4. The highest BCUT2D eigenvalue weighted by Gasteiger charge is 2.41. The molecule has 4 rings (SSSR count). The number of hydrogen-bond donors (Lipinski definition) is 1. The number of carbonyl (C=O) groups excluding carboxylic acids is 1. The lowest BCUT2D eigenvalue weighted by molar-refractivity contribution is -0.130. The van der Waals surface area contributed by atoms with Gasteiger partial charge in [0.25, 0.3) is 5.91 Å². The molecule has 0 unspecified atom stereocenters. The fourth-order valence-electron chi connectivity index (χ4n) is 4.00. The number of amides is 1.